The maximum atomic E-state index is 12.4. The van der Waals surface area contributed by atoms with E-state index in [-0.39, 0.29) is 5.91 Å². The third-order valence-electron chi connectivity index (χ3n) is 3.80. The number of carbonyl (C=O) groups is 1. The summed E-state index contributed by atoms with van der Waals surface area (Å²) >= 11 is 0. The zero-order valence-corrected chi connectivity index (χ0v) is 12.4. The van der Waals surface area contributed by atoms with Gasteiger partial charge in [0.1, 0.15) is 0 Å². The first kappa shape index (κ1) is 14.9. The molecule has 5 heteroatoms. The predicted molar refractivity (Wildman–Crippen MR) is 79.3 cm³/mol. The van der Waals surface area contributed by atoms with Crippen LogP contribution in [-0.2, 0) is 6.54 Å². The standard InChI is InChI=1S/C15H24N4O/c1-18(2)11-12-4-7-19(8-5-12)15(20)13-3-6-17-14(9-13)10-16/h3,6,9,12H,4-5,7-8,10-11,16H2,1-2H3. The number of nitrogens with zero attached hydrogens (tertiary/aromatic N) is 3. The van der Waals surface area contributed by atoms with Crippen molar-refractivity contribution in [2.45, 2.75) is 19.4 Å². The van der Waals surface area contributed by atoms with Crippen LogP contribution in [0, 0.1) is 5.92 Å². The first-order chi connectivity index (χ1) is 9.60. The molecule has 0 bridgehead atoms. The predicted octanol–water partition coefficient (Wildman–Crippen LogP) is 0.954. The molecule has 2 heterocycles. The van der Waals surface area contributed by atoms with Gasteiger partial charge in [-0.2, -0.15) is 0 Å². The molecule has 0 atom stereocenters. The van der Waals surface area contributed by atoms with Gasteiger partial charge in [-0.05, 0) is 45.0 Å². The smallest absolute Gasteiger partial charge is 0.253 e. The Balaban J connectivity index is 1.94. The maximum Gasteiger partial charge on any atom is 0.253 e. The molecule has 0 saturated carbocycles. The Bertz CT molecular complexity index is 453. The summed E-state index contributed by atoms with van der Waals surface area (Å²) in [6.07, 6.45) is 3.83. The molecular formula is C15H24N4O. The van der Waals surface area contributed by atoms with Gasteiger partial charge in [-0.15, -0.1) is 0 Å². The summed E-state index contributed by atoms with van der Waals surface area (Å²) in [5.74, 6) is 0.802. The molecule has 1 aliphatic heterocycles. The first-order valence-electron chi connectivity index (χ1n) is 7.19. The number of piperidine rings is 1. The van der Waals surface area contributed by atoms with Crippen LogP contribution in [0.4, 0.5) is 0 Å². The normalized spacial score (nSPS) is 16.7. The molecule has 1 fully saturated rings. The van der Waals surface area contributed by atoms with Crippen LogP contribution in [0.5, 0.6) is 0 Å². The van der Waals surface area contributed by atoms with Crippen molar-refractivity contribution in [3.05, 3.63) is 29.6 Å². The monoisotopic (exact) mass is 276 g/mol. The molecule has 20 heavy (non-hydrogen) atoms. The van der Waals surface area contributed by atoms with Gasteiger partial charge in [0.2, 0.25) is 0 Å². The summed E-state index contributed by atoms with van der Waals surface area (Å²) in [6.45, 7) is 3.16. The van der Waals surface area contributed by atoms with Gasteiger partial charge >= 0.3 is 0 Å². The molecule has 0 aliphatic carbocycles. The molecule has 2 rings (SSSR count). The lowest BCUT2D eigenvalue weighted by atomic mass is 9.96. The Morgan fingerprint density at radius 1 is 1.45 bits per heavy atom. The van der Waals surface area contributed by atoms with Crippen molar-refractivity contribution < 1.29 is 4.79 Å². The van der Waals surface area contributed by atoms with Gasteiger partial charge in [0, 0.05) is 37.9 Å². The van der Waals surface area contributed by atoms with E-state index in [0.717, 1.165) is 38.2 Å². The molecule has 0 unspecified atom stereocenters. The Morgan fingerprint density at radius 2 is 2.15 bits per heavy atom. The minimum Gasteiger partial charge on any atom is -0.339 e. The SMILES string of the molecule is CN(C)CC1CCN(C(=O)c2ccnc(CN)c2)CC1. The fourth-order valence-electron chi connectivity index (χ4n) is 2.74. The molecular weight excluding hydrogens is 252 g/mol. The molecule has 2 N–H and O–H groups in total. The summed E-state index contributed by atoms with van der Waals surface area (Å²) < 4.78 is 0. The summed E-state index contributed by atoms with van der Waals surface area (Å²) in [4.78, 5) is 20.7. The van der Waals surface area contributed by atoms with Crippen molar-refractivity contribution in [1.82, 2.24) is 14.8 Å². The van der Waals surface area contributed by atoms with Gasteiger partial charge in [0.05, 0.1) is 5.69 Å². The molecule has 1 aromatic heterocycles. The highest BCUT2D eigenvalue weighted by Crippen LogP contribution is 2.19. The Hall–Kier alpha value is -1.46. The fraction of sp³-hybridized carbons (Fsp3) is 0.600. The maximum absolute atomic E-state index is 12.4. The second-order valence-electron chi connectivity index (χ2n) is 5.74. The van der Waals surface area contributed by atoms with Gasteiger partial charge in [0.15, 0.2) is 0 Å². The molecule has 1 saturated heterocycles. The van der Waals surface area contributed by atoms with E-state index < -0.39 is 0 Å². The van der Waals surface area contributed by atoms with Crippen LogP contribution in [-0.4, -0.2) is 54.4 Å². The van der Waals surface area contributed by atoms with E-state index in [1.165, 1.54) is 0 Å². The third-order valence-corrected chi connectivity index (χ3v) is 3.80. The number of aromatic nitrogens is 1. The van der Waals surface area contributed by atoms with Gasteiger partial charge in [-0.25, -0.2) is 0 Å². The molecule has 1 aromatic rings. The molecule has 5 nitrogen and oxygen atoms in total. The highest BCUT2D eigenvalue weighted by Gasteiger charge is 2.24. The van der Waals surface area contributed by atoms with Crippen LogP contribution >= 0.6 is 0 Å². The lowest BCUT2D eigenvalue weighted by molar-refractivity contribution is 0.0678. The van der Waals surface area contributed by atoms with Crippen LogP contribution in [0.3, 0.4) is 0 Å². The van der Waals surface area contributed by atoms with Crippen molar-refractivity contribution in [2.24, 2.45) is 11.7 Å². The second-order valence-corrected chi connectivity index (χ2v) is 5.74. The molecule has 1 aliphatic rings. The lowest BCUT2D eigenvalue weighted by Gasteiger charge is -2.33. The Kier molecular flexibility index (Phi) is 5.09. The van der Waals surface area contributed by atoms with Crippen LogP contribution in [0.25, 0.3) is 0 Å². The largest absolute Gasteiger partial charge is 0.339 e. The number of likely N-dealkylation sites (tertiary alicyclic amines) is 1. The van der Waals surface area contributed by atoms with Crippen molar-refractivity contribution in [2.75, 3.05) is 33.7 Å². The van der Waals surface area contributed by atoms with Gasteiger partial charge < -0.3 is 15.5 Å². The molecule has 0 radical (unpaired) electrons. The third kappa shape index (κ3) is 3.77. The number of hydrogen-bond donors (Lipinski definition) is 1. The highest BCUT2D eigenvalue weighted by atomic mass is 16.2. The number of nitrogens with two attached hydrogens (primary N) is 1. The molecule has 1 amide bonds. The number of pyridine rings is 1. The number of amides is 1. The summed E-state index contributed by atoms with van der Waals surface area (Å²) in [5, 5.41) is 0. The quantitative estimate of drug-likeness (QED) is 0.889. The lowest BCUT2D eigenvalue weighted by Crippen LogP contribution is -2.40. The van der Waals surface area contributed by atoms with E-state index in [9.17, 15) is 4.79 Å². The van der Waals surface area contributed by atoms with Gasteiger partial charge in [-0.1, -0.05) is 0 Å². The summed E-state index contributed by atoms with van der Waals surface area (Å²) in [6, 6.07) is 3.57. The van der Waals surface area contributed by atoms with E-state index in [1.54, 1.807) is 18.3 Å². The average molecular weight is 276 g/mol. The number of carbonyl (C=O) groups excluding carboxylic acids is 1. The molecule has 0 aromatic carbocycles. The van der Waals surface area contributed by atoms with E-state index >= 15 is 0 Å². The number of rotatable bonds is 4. The Labute approximate surface area is 120 Å². The van der Waals surface area contributed by atoms with E-state index in [1.807, 2.05) is 4.90 Å². The van der Waals surface area contributed by atoms with Crippen molar-refractivity contribution in [3.8, 4) is 0 Å². The summed E-state index contributed by atoms with van der Waals surface area (Å²) in [5.41, 5.74) is 7.03. The molecule has 110 valence electrons. The zero-order chi connectivity index (χ0) is 14.5. The van der Waals surface area contributed by atoms with Crippen LogP contribution in [0.15, 0.2) is 18.3 Å². The number of hydrogen-bond acceptors (Lipinski definition) is 4. The minimum absolute atomic E-state index is 0.102. The second kappa shape index (κ2) is 6.81. The van der Waals surface area contributed by atoms with Crippen molar-refractivity contribution in [3.63, 3.8) is 0 Å². The topological polar surface area (TPSA) is 62.5 Å². The first-order valence-corrected chi connectivity index (χ1v) is 7.19. The van der Waals surface area contributed by atoms with E-state index in [0.29, 0.717) is 18.0 Å². The van der Waals surface area contributed by atoms with Crippen molar-refractivity contribution in [1.29, 1.82) is 0 Å². The van der Waals surface area contributed by atoms with Gasteiger partial charge in [0.25, 0.3) is 5.91 Å². The highest BCUT2D eigenvalue weighted by molar-refractivity contribution is 5.94. The fourth-order valence-corrected chi connectivity index (χ4v) is 2.74. The minimum atomic E-state index is 0.102. The summed E-state index contributed by atoms with van der Waals surface area (Å²) in [7, 11) is 4.20. The zero-order valence-electron chi connectivity index (χ0n) is 12.4. The van der Waals surface area contributed by atoms with Crippen LogP contribution < -0.4 is 5.73 Å². The average Bonchev–Trinajstić information content (AvgIpc) is 2.47. The molecule has 0 spiro atoms. The van der Waals surface area contributed by atoms with Crippen LogP contribution in [0.2, 0.25) is 0 Å². The van der Waals surface area contributed by atoms with Crippen LogP contribution in [0.1, 0.15) is 28.9 Å². The van der Waals surface area contributed by atoms with Crippen molar-refractivity contribution >= 4 is 5.91 Å². The Morgan fingerprint density at radius 3 is 2.75 bits per heavy atom. The van der Waals surface area contributed by atoms with E-state index in [4.69, 9.17) is 5.73 Å². The van der Waals surface area contributed by atoms with Gasteiger partial charge in [-0.3, -0.25) is 9.78 Å². The van der Waals surface area contributed by atoms with E-state index in [2.05, 4.69) is 24.0 Å².